The van der Waals surface area contributed by atoms with E-state index in [4.69, 9.17) is 20.0 Å². The molecule has 84 heavy (non-hydrogen) atoms. The number of aromatic nitrogens is 2. The van der Waals surface area contributed by atoms with Gasteiger partial charge in [0.25, 0.3) is 0 Å². The maximum Gasteiger partial charge on any atom is 2.00 e. The van der Waals surface area contributed by atoms with E-state index in [1.54, 1.807) is 36.4 Å². The monoisotopic (exact) mass is 1230 g/mol. The molecule has 2 aromatic heterocycles. The molecule has 2 saturated heterocycles. The van der Waals surface area contributed by atoms with Gasteiger partial charge in [0, 0.05) is 61.7 Å². The van der Waals surface area contributed by atoms with E-state index in [0.29, 0.717) is 79.3 Å². The number of benzene rings is 5. The van der Waals surface area contributed by atoms with Gasteiger partial charge in [0.05, 0.1) is 22.7 Å². The van der Waals surface area contributed by atoms with Gasteiger partial charge in [0.15, 0.2) is 0 Å². The maximum atomic E-state index is 13.6. The smallest absolute Gasteiger partial charge is 0.872 e. The van der Waals surface area contributed by atoms with Crippen LogP contribution < -0.4 is 20.4 Å². The van der Waals surface area contributed by atoms with Crippen molar-refractivity contribution >= 4 is 47.6 Å². The molecule has 0 radical (unpaired) electrons. The topological polar surface area (TPSA) is 174 Å². The second kappa shape index (κ2) is 29.5. The van der Waals surface area contributed by atoms with Crippen LogP contribution in [0.25, 0.3) is 0 Å². The maximum absolute atomic E-state index is 13.6. The first-order chi connectivity index (χ1) is 38.7. The quantitative estimate of drug-likeness (QED) is 0.0960. The van der Waals surface area contributed by atoms with Crippen LogP contribution in [0, 0.1) is 0 Å². The Labute approximate surface area is 525 Å². The molecule has 0 spiro atoms. The van der Waals surface area contributed by atoms with E-state index in [9.17, 15) is 20.4 Å². The van der Waals surface area contributed by atoms with E-state index in [2.05, 4.69) is 46.0 Å². The first-order valence-corrected chi connectivity index (χ1v) is 28.5. The van der Waals surface area contributed by atoms with Crippen LogP contribution in [-0.4, -0.2) is 71.8 Å². The summed E-state index contributed by atoms with van der Waals surface area (Å²) in [5.74, 6) is -0.534. The molecule has 0 unspecified atom stereocenters. The van der Waals surface area contributed by atoms with Crippen LogP contribution >= 0.6 is 0 Å². The van der Waals surface area contributed by atoms with E-state index in [-0.39, 0.29) is 83.6 Å². The largest absolute Gasteiger partial charge is 2.00 e. The summed E-state index contributed by atoms with van der Waals surface area (Å²) in [5, 5.41) is 54.3. The van der Waals surface area contributed by atoms with Gasteiger partial charge in [-0.05, 0) is 154 Å². The molecule has 9 rings (SSSR count). The molecule has 2 fully saturated rings. The van der Waals surface area contributed by atoms with Crippen molar-refractivity contribution < 1.29 is 59.4 Å². The van der Waals surface area contributed by atoms with Gasteiger partial charge in [-0.25, -0.2) is 0 Å². The Hall–Kier alpha value is -6.55. The summed E-state index contributed by atoms with van der Waals surface area (Å²) in [7, 11) is 4.37. The third-order valence-electron chi connectivity index (χ3n) is 15.0. The van der Waals surface area contributed by atoms with Crippen LogP contribution in [0.15, 0.2) is 154 Å². The van der Waals surface area contributed by atoms with Crippen LogP contribution in [-0.2, 0) is 60.6 Å². The van der Waals surface area contributed by atoms with Gasteiger partial charge in [-0.1, -0.05) is 191 Å². The molecular formula is C70H82N8O4Zn2. The normalized spacial score (nSPS) is 16.1. The van der Waals surface area contributed by atoms with Gasteiger partial charge in [0.2, 0.25) is 0 Å². The van der Waals surface area contributed by atoms with E-state index >= 15 is 0 Å². The number of aliphatic imine (C=N–C) groups is 4. The number of rotatable bonds is 10. The van der Waals surface area contributed by atoms with Gasteiger partial charge < -0.3 is 20.4 Å². The zero-order valence-electron chi connectivity index (χ0n) is 52.0. The fraction of sp³-hybridized carbons (Fsp3) is 0.371. The number of likely N-dealkylation sites (tertiary alicyclic amines) is 2. The molecule has 0 N–H and O–H groups in total. The van der Waals surface area contributed by atoms with Crippen molar-refractivity contribution in [3.8, 4) is 23.0 Å². The summed E-state index contributed by atoms with van der Waals surface area (Å²) in [6.45, 7) is 26.3. The zero-order valence-corrected chi connectivity index (χ0v) is 58.0. The van der Waals surface area contributed by atoms with Gasteiger partial charge in [-0.15, -0.1) is 0 Å². The number of para-hydroxylation sites is 4. The Balaban J connectivity index is 0.000000403. The number of hydrogen-bond donors (Lipinski definition) is 0. The minimum absolute atomic E-state index is 0. The number of pyridine rings is 2. The molecule has 0 saturated carbocycles. The van der Waals surface area contributed by atoms with Crippen LogP contribution in [0.1, 0.15) is 176 Å². The van der Waals surface area contributed by atoms with E-state index in [1.807, 2.05) is 169 Å². The van der Waals surface area contributed by atoms with Gasteiger partial charge in [-0.2, -0.15) is 0 Å². The molecule has 2 atom stereocenters. The molecule has 14 heteroatoms. The molecular weight excluding hydrogens is 1150 g/mol. The summed E-state index contributed by atoms with van der Waals surface area (Å²) in [5.41, 5.74) is 6.77. The first-order valence-electron chi connectivity index (χ1n) is 28.5. The number of hydrogen-bond acceptors (Lipinski definition) is 12. The van der Waals surface area contributed by atoms with E-state index in [1.165, 1.54) is 74.8 Å². The van der Waals surface area contributed by atoms with Crippen LogP contribution in [0.5, 0.6) is 23.0 Å². The standard InChI is InChI=1S/C50H58N4O4.2C10H14N2.2Zn/c1-47(2,3)35-21-13-17-31(43(35)55)27-51-39-25-41(53-29-33-19-15-23-37(45(33)57)49(7,8)9)42(54-30-34-20-16-24-38(46(34)58)50(10,11)12)26-40(39)52-28-32-18-14-22-36(44(32)56)48(4,5)6;2*1-12-7-3-5-10(12)9-4-2-6-11-8-9;;/h13-30,55-58H,1-12H3;2*2,4,6,8,10H,3,5,7H2,1H3;;/q;;;2*+2/p-4/t;2*10-;;/m.10../s1. The second-order valence-electron chi connectivity index (χ2n) is 25.6. The summed E-state index contributed by atoms with van der Waals surface area (Å²) in [4.78, 5) is 32.2. The van der Waals surface area contributed by atoms with E-state index < -0.39 is 0 Å². The summed E-state index contributed by atoms with van der Waals surface area (Å²) in [6.07, 6.45) is 18.8. The van der Waals surface area contributed by atoms with Crippen molar-refractivity contribution in [2.24, 2.45) is 20.0 Å². The van der Waals surface area contributed by atoms with Crippen LogP contribution in [0.3, 0.4) is 0 Å². The van der Waals surface area contributed by atoms with Crippen molar-refractivity contribution in [3.63, 3.8) is 0 Å². The molecule has 0 amide bonds. The van der Waals surface area contributed by atoms with Crippen LogP contribution in [0.4, 0.5) is 22.7 Å². The third-order valence-corrected chi connectivity index (χ3v) is 15.0. The van der Waals surface area contributed by atoms with Gasteiger partial charge >= 0.3 is 39.0 Å². The SMILES string of the molecule is CC(C)(C)c1cccc(C=Nc2cc(N=Cc3cccc(C(C)(C)C)c3[O-])c(N=Cc3cccc(C(C)(C)C)c3[O-])cc2N=Cc2cccc(C(C)(C)C)c2[O-])c1[O-].CN1CCC[C@@H]1c1cccnc1.CN1CCC[C@H]1c1cccnc1.[Zn+2].[Zn+2]. The Bertz CT molecular complexity index is 3020. The molecule has 7 aromatic rings. The fourth-order valence-corrected chi connectivity index (χ4v) is 10.3. The first kappa shape index (κ1) is 68.2. The number of nitrogens with zero attached hydrogens (tertiary/aromatic N) is 8. The van der Waals surface area contributed by atoms with Crippen molar-refractivity contribution in [3.05, 3.63) is 190 Å². The fourth-order valence-electron chi connectivity index (χ4n) is 10.3. The average Bonchev–Trinajstić information content (AvgIpc) is 4.23. The molecule has 430 valence electrons. The molecule has 2 aliphatic heterocycles. The molecule has 0 bridgehead atoms. The van der Waals surface area contributed by atoms with Crippen molar-refractivity contribution in [2.75, 3.05) is 27.2 Å². The predicted octanol–water partition coefficient (Wildman–Crippen LogP) is 13.9. The summed E-state index contributed by atoms with van der Waals surface area (Å²) >= 11 is 0. The molecule has 2 aliphatic rings. The Kier molecular flexibility index (Phi) is 24.0. The molecule has 12 nitrogen and oxygen atoms in total. The Morgan fingerprint density at radius 3 is 0.869 bits per heavy atom. The van der Waals surface area contributed by atoms with Gasteiger partial charge in [0.1, 0.15) is 0 Å². The third kappa shape index (κ3) is 17.8. The van der Waals surface area contributed by atoms with Crippen molar-refractivity contribution in [2.45, 2.75) is 143 Å². The second-order valence-corrected chi connectivity index (χ2v) is 25.6. The van der Waals surface area contributed by atoms with Gasteiger partial charge in [-0.3, -0.25) is 39.7 Å². The van der Waals surface area contributed by atoms with Crippen molar-refractivity contribution in [1.82, 2.24) is 19.8 Å². The zero-order chi connectivity index (χ0) is 59.6. The van der Waals surface area contributed by atoms with Crippen LogP contribution in [0.2, 0.25) is 0 Å². The predicted molar refractivity (Wildman–Crippen MR) is 331 cm³/mol. The average molecular weight is 1230 g/mol. The Morgan fingerprint density at radius 1 is 0.405 bits per heavy atom. The minimum atomic E-state index is -0.378. The minimum Gasteiger partial charge on any atom is -0.872 e. The summed E-state index contributed by atoms with van der Waals surface area (Å²) in [6, 6.07) is 34.4. The van der Waals surface area contributed by atoms with Crippen molar-refractivity contribution in [1.29, 1.82) is 0 Å². The Morgan fingerprint density at radius 2 is 0.667 bits per heavy atom. The van der Waals surface area contributed by atoms with E-state index in [0.717, 1.165) is 0 Å². The molecule has 4 heterocycles. The molecule has 5 aromatic carbocycles. The summed E-state index contributed by atoms with van der Waals surface area (Å²) < 4.78 is 0. The molecule has 0 aliphatic carbocycles.